The summed E-state index contributed by atoms with van der Waals surface area (Å²) in [7, 11) is 0. The number of unbranched alkanes of at least 4 members (excludes halogenated alkanes) is 5. The van der Waals surface area contributed by atoms with E-state index in [0.717, 1.165) is 18.4 Å². The minimum Gasteiger partial charge on any atom is -0.478 e. The Morgan fingerprint density at radius 3 is 2.23 bits per heavy atom. The van der Waals surface area contributed by atoms with E-state index in [-0.39, 0.29) is 17.5 Å². The Hall–Kier alpha value is -1.84. The van der Waals surface area contributed by atoms with Gasteiger partial charge in [-0.2, -0.15) is 0 Å². The van der Waals surface area contributed by atoms with E-state index in [9.17, 15) is 9.59 Å². The van der Waals surface area contributed by atoms with E-state index >= 15 is 0 Å². The van der Waals surface area contributed by atoms with Crippen LogP contribution >= 0.6 is 0 Å². The van der Waals surface area contributed by atoms with Gasteiger partial charge in [-0.25, -0.2) is 4.79 Å². The van der Waals surface area contributed by atoms with Gasteiger partial charge in [0.1, 0.15) is 0 Å². The van der Waals surface area contributed by atoms with Gasteiger partial charge in [0.25, 0.3) is 0 Å². The Morgan fingerprint density at radius 1 is 1.05 bits per heavy atom. The summed E-state index contributed by atoms with van der Waals surface area (Å²) < 4.78 is 0. The summed E-state index contributed by atoms with van der Waals surface area (Å²) in [5.41, 5.74) is 1.18. The lowest BCUT2D eigenvalue weighted by Crippen LogP contribution is -2.26. The molecule has 0 aliphatic rings. The zero-order valence-corrected chi connectivity index (χ0v) is 13.6. The van der Waals surface area contributed by atoms with Gasteiger partial charge in [-0.15, -0.1) is 0 Å². The molecule has 1 rings (SSSR count). The zero-order valence-electron chi connectivity index (χ0n) is 13.6. The molecule has 0 saturated carbocycles. The van der Waals surface area contributed by atoms with Crippen molar-refractivity contribution < 1.29 is 14.7 Å². The van der Waals surface area contributed by atoms with Gasteiger partial charge in [0, 0.05) is 6.42 Å². The third-order valence-electron chi connectivity index (χ3n) is 3.79. The van der Waals surface area contributed by atoms with Gasteiger partial charge in [-0.3, -0.25) is 4.79 Å². The minimum absolute atomic E-state index is 0.0605. The Labute approximate surface area is 132 Å². The number of carboxylic acids is 1. The summed E-state index contributed by atoms with van der Waals surface area (Å²) in [5, 5.41) is 11.8. The van der Waals surface area contributed by atoms with Crippen LogP contribution in [0.15, 0.2) is 24.3 Å². The fourth-order valence-corrected chi connectivity index (χ4v) is 2.38. The Kier molecular flexibility index (Phi) is 8.26. The minimum atomic E-state index is -0.939. The molecular formula is C18H27NO3. The maximum Gasteiger partial charge on any atom is 0.335 e. The van der Waals surface area contributed by atoms with Gasteiger partial charge >= 0.3 is 5.97 Å². The smallest absolute Gasteiger partial charge is 0.335 e. The van der Waals surface area contributed by atoms with Crippen molar-refractivity contribution in [3.63, 3.8) is 0 Å². The Morgan fingerprint density at radius 2 is 1.64 bits per heavy atom. The van der Waals surface area contributed by atoms with Gasteiger partial charge in [0.05, 0.1) is 11.6 Å². The highest BCUT2D eigenvalue weighted by Crippen LogP contribution is 2.14. The topological polar surface area (TPSA) is 66.4 Å². The monoisotopic (exact) mass is 305 g/mol. The van der Waals surface area contributed by atoms with E-state index in [2.05, 4.69) is 12.2 Å². The molecule has 4 heteroatoms. The van der Waals surface area contributed by atoms with E-state index in [4.69, 9.17) is 5.11 Å². The SMILES string of the molecule is CCCCCCCCC(=O)NC(C)c1ccc(C(=O)O)cc1. The number of hydrogen-bond acceptors (Lipinski definition) is 2. The predicted octanol–water partition coefficient (Wildman–Crippen LogP) is 4.31. The van der Waals surface area contributed by atoms with Gasteiger partial charge in [0.15, 0.2) is 0 Å². The average molecular weight is 305 g/mol. The van der Waals surface area contributed by atoms with Crippen molar-refractivity contribution >= 4 is 11.9 Å². The third kappa shape index (κ3) is 6.74. The largest absolute Gasteiger partial charge is 0.478 e. The molecule has 0 fully saturated rings. The van der Waals surface area contributed by atoms with Crippen molar-refractivity contribution in [1.82, 2.24) is 5.32 Å². The number of benzene rings is 1. The van der Waals surface area contributed by atoms with Gasteiger partial charge in [0.2, 0.25) is 5.91 Å². The summed E-state index contributed by atoms with van der Waals surface area (Å²) in [6.07, 6.45) is 7.56. The molecule has 1 aromatic carbocycles. The molecule has 1 atom stereocenters. The van der Waals surface area contributed by atoms with Crippen molar-refractivity contribution in [2.75, 3.05) is 0 Å². The second-order valence-electron chi connectivity index (χ2n) is 5.73. The number of amides is 1. The van der Waals surface area contributed by atoms with E-state index in [1.54, 1.807) is 24.3 Å². The van der Waals surface area contributed by atoms with Crippen LogP contribution in [0.25, 0.3) is 0 Å². The first-order valence-corrected chi connectivity index (χ1v) is 8.17. The molecule has 1 aromatic rings. The third-order valence-corrected chi connectivity index (χ3v) is 3.79. The van der Waals surface area contributed by atoms with Crippen LogP contribution in [-0.2, 0) is 4.79 Å². The summed E-state index contributed by atoms with van der Waals surface area (Å²) >= 11 is 0. The van der Waals surface area contributed by atoms with Crippen molar-refractivity contribution in [3.05, 3.63) is 35.4 Å². The number of aromatic carboxylic acids is 1. The fraction of sp³-hybridized carbons (Fsp3) is 0.556. The zero-order chi connectivity index (χ0) is 16.4. The first-order chi connectivity index (χ1) is 10.5. The number of nitrogens with one attached hydrogen (secondary N) is 1. The number of carbonyl (C=O) groups is 2. The van der Waals surface area contributed by atoms with Crippen LogP contribution in [0.3, 0.4) is 0 Å². The quantitative estimate of drug-likeness (QED) is 0.633. The normalized spacial score (nSPS) is 11.9. The molecule has 4 nitrogen and oxygen atoms in total. The number of carboxylic acid groups (broad SMARTS) is 1. The average Bonchev–Trinajstić information content (AvgIpc) is 2.50. The van der Waals surface area contributed by atoms with Gasteiger partial charge in [-0.1, -0.05) is 51.2 Å². The van der Waals surface area contributed by atoms with Crippen LogP contribution in [0.5, 0.6) is 0 Å². The molecule has 0 bridgehead atoms. The van der Waals surface area contributed by atoms with Crippen LogP contribution < -0.4 is 5.32 Å². The Bertz CT molecular complexity index is 468. The lowest BCUT2D eigenvalue weighted by atomic mass is 10.1. The molecular weight excluding hydrogens is 278 g/mol. The van der Waals surface area contributed by atoms with E-state index in [1.165, 1.54) is 25.7 Å². The van der Waals surface area contributed by atoms with E-state index < -0.39 is 5.97 Å². The maximum absolute atomic E-state index is 11.9. The van der Waals surface area contributed by atoms with Crippen LogP contribution in [0.1, 0.15) is 80.8 Å². The number of carbonyl (C=O) groups excluding carboxylic acids is 1. The number of rotatable bonds is 10. The first-order valence-electron chi connectivity index (χ1n) is 8.17. The molecule has 0 saturated heterocycles. The van der Waals surface area contributed by atoms with Crippen LogP contribution in [0, 0.1) is 0 Å². The van der Waals surface area contributed by atoms with Crippen molar-refractivity contribution in [2.45, 2.75) is 64.8 Å². The highest BCUT2D eigenvalue weighted by atomic mass is 16.4. The predicted molar refractivity (Wildman–Crippen MR) is 88.0 cm³/mol. The summed E-state index contributed by atoms with van der Waals surface area (Å²) in [5.74, 6) is -0.878. The molecule has 122 valence electrons. The molecule has 0 heterocycles. The van der Waals surface area contributed by atoms with Gasteiger partial charge < -0.3 is 10.4 Å². The van der Waals surface area contributed by atoms with E-state index in [0.29, 0.717) is 6.42 Å². The summed E-state index contributed by atoms with van der Waals surface area (Å²) in [4.78, 5) is 22.7. The molecule has 1 amide bonds. The second-order valence-corrected chi connectivity index (χ2v) is 5.73. The second kappa shape index (κ2) is 9.98. The van der Waals surface area contributed by atoms with Crippen LogP contribution in [0.2, 0.25) is 0 Å². The molecule has 22 heavy (non-hydrogen) atoms. The van der Waals surface area contributed by atoms with Gasteiger partial charge in [-0.05, 0) is 31.0 Å². The van der Waals surface area contributed by atoms with Crippen molar-refractivity contribution in [2.24, 2.45) is 0 Å². The molecule has 2 N–H and O–H groups in total. The van der Waals surface area contributed by atoms with Crippen molar-refractivity contribution in [3.8, 4) is 0 Å². The molecule has 0 aliphatic heterocycles. The van der Waals surface area contributed by atoms with Crippen molar-refractivity contribution in [1.29, 1.82) is 0 Å². The number of hydrogen-bond donors (Lipinski definition) is 2. The van der Waals surface area contributed by atoms with E-state index in [1.807, 2.05) is 6.92 Å². The lowest BCUT2D eigenvalue weighted by molar-refractivity contribution is -0.121. The standard InChI is InChI=1S/C18H27NO3/c1-3-4-5-6-7-8-9-17(20)19-14(2)15-10-12-16(13-11-15)18(21)22/h10-14H,3-9H2,1-2H3,(H,19,20)(H,21,22). The molecule has 0 aliphatic carbocycles. The molecule has 0 aromatic heterocycles. The fourth-order valence-electron chi connectivity index (χ4n) is 2.38. The Balaban J connectivity index is 2.30. The summed E-state index contributed by atoms with van der Waals surface area (Å²) in [6, 6.07) is 6.52. The summed E-state index contributed by atoms with van der Waals surface area (Å²) in [6.45, 7) is 4.10. The highest BCUT2D eigenvalue weighted by Gasteiger charge is 2.10. The maximum atomic E-state index is 11.9. The first kappa shape index (κ1) is 18.2. The molecule has 1 unspecified atom stereocenters. The molecule has 0 radical (unpaired) electrons. The highest BCUT2D eigenvalue weighted by molar-refractivity contribution is 5.87. The molecule has 0 spiro atoms. The van der Waals surface area contributed by atoms with Crippen LogP contribution in [-0.4, -0.2) is 17.0 Å². The lowest BCUT2D eigenvalue weighted by Gasteiger charge is -2.14. The van der Waals surface area contributed by atoms with Crippen LogP contribution in [0.4, 0.5) is 0 Å².